The van der Waals surface area contributed by atoms with Gasteiger partial charge in [0.25, 0.3) is 0 Å². The summed E-state index contributed by atoms with van der Waals surface area (Å²) in [5.41, 5.74) is 0. The van der Waals surface area contributed by atoms with Crippen LogP contribution in [0.3, 0.4) is 0 Å². The Labute approximate surface area is 100 Å². The van der Waals surface area contributed by atoms with Crippen LogP contribution in [0.1, 0.15) is 0 Å². The van der Waals surface area contributed by atoms with Gasteiger partial charge in [0.2, 0.25) is 0 Å². The van der Waals surface area contributed by atoms with Crippen molar-refractivity contribution in [2.45, 2.75) is 0 Å². The second-order valence-corrected chi connectivity index (χ2v) is 0. The van der Waals surface area contributed by atoms with E-state index in [2.05, 4.69) is 0 Å². The first-order chi connectivity index (χ1) is 1.00. The van der Waals surface area contributed by atoms with E-state index >= 15 is 0 Å². The van der Waals surface area contributed by atoms with Crippen LogP contribution in [0.5, 0.6) is 0 Å². The average Bonchev–Trinajstić information content (AvgIpc) is 1.00. The Morgan fingerprint density at radius 1 is 1.25 bits per heavy atom. The van der Waals surface area contributed by atoms with E-state index in [1.165, 1.54) is 0 Å². The first kappa shape index (κ1) is 15.7. The third-order valence-electron chi connectivity index (χ3n) is 0. The molecule has 0 amide bonds. The Bertz CT molecular complexity index is 8.00. The molecule has 0 aliphatic heterocycles. The fourth-order valence-corrected chi connectivity index (χ4v) is 0. The van der Waals surface area contributed by atoms with Crippen LogP contribution in [0.4, 0.5) is 3.38 Å². The molecular formula is FGdLiPr. The van der Waals surface area contributed by atoms with Crippen molar-refractivity contribution in [2.24, 2.45) is 0 Å². The molecule has 4 heavy (non-hydrogen) atoms. The standard InChI is InChI=1S/FH.Gd.Li.Pr/h1H;;;/q;;+1;/p-1. The summed E-state index contributed by atoms with van der Waals surface area (Å²) < 4.78 is 9.50. The molecule has 1 radical (unpaired) electrons. The van der Waals surface area contributed by atoms with Crippen LogP contribution in [-0.4, -0.2) is 18.2 Å². The summed E-state index contributed by atoms with van der Waals surface area (Å²) in [7, 11) is 0. The molecule has 4 heteroatoms. The molecule has 0 aliphatic rings. The number of halogens is 1. The Hall–Kier alpha value is 3.22. The van der Waals surface area contributed by atoms with Gasteiger partial charge in [0.15, 0.2) is 0 Å². The van der Waals surface area contributed by atoms with Gasteiger partial charge in [-0.3, -0.25) is 0 Å². The molecule has 0 unspecified atom stereocenters. The van der Waals surface area contributed by atoms with Gasteiger partial charge in [-0.05, 0) is 0 Å². The second-order valence-electron chi connectivity index (χ2n) is 0. The number of hydrogen-bond acceptors (Lipinski definition) is 0. The van der Waals surface area contributed by atoms with Crippen molar-refractivity contribution >= 4 is 18.2 Å². The van der Waals surface area contributed by atoms with Crippen molar-refractivity contribution in [3.05, 3.63) is 0 Å². The number of rotatable bonds is 0. The smallest absolute Gasteiger partial charge is 0 e. The summed E-state index contributed by atoms with van der Waals surface area (Å²) in [6, 6.07) is 0. The summed E-state index contributed by atoms with van der Waals surface area (Å²) in [6.07, 6.45) is 0. The molecule has 0 aromatic carbocycles. The fourth-order valence-electron chi connectivity index (χ4n) is 0. The van der Waals surface area contributed by atoms with Crippen molar-refractivity contribution < 1.29 is 84.6 Å². The molecular weight excluding hydrogens is 324 g/mol. The SMILES string of the molecule is [Gd].[Li][F].[Pr]. The van der Waals surface area contributed by atoms with Gasteiger partial charge in [0, 0.05) is 81.2 Å². The minimum atomic E-state index is 0. The predicted molar refractivity (Wildman–Crippen MR) is 6.86 cm³/mol. The molecule has 0 rings (SSSR count). The maximum atomic E-state index is 9.50. The maximum Gasteiger partial charge on any atom is 0 e. The van der Waals surface area contributed by atoms with Crippen molar-refractivity contribution in [3.63, 3.8) is 0 Å². The van der Waals surface area contributed by atoms with Gasteiger partial charge in [0.1, 0.15) is 0 Å². The summed E-state index contributed by atoms with van der Waals surface area (Å²) in [5.74, 6) is 0. The second kappa shape index (κ2) is 16.4. The van der Waals surface area contributed by atoms with E-state index in [0.717, 1.165) is 0 Å². The molecule has 0 bridgehead atoms. The van der Waals surface area contributed by atoms with Gasteiger partial charge in [-0.2, -0.15) is 0 Å². The molecule has 0 aromatic heterocycles. The minimum Gasteiger partial charge on any atom is 0 e. The fraction of sp³-hybridized carbons (Fsp3) is 0. The largest absolute Gasteiger partial charge is 0 e. The third kappa shape index (κ3) is 8.96. The van der Waals surface area contributed by atoms with Crippen molar-refractivity contribution in [1.29, 1.82) is 0 Å². The summed E-state index contributed by atoms with van der Waals surface area (Å²) >= 11 is 0.500. The van der Waals surface area contributed by atoms with Crippen molar-refractivity contribution in [2.75, 3.05) is 0 Å². The van der Waals surface area contributed by atoms with Gasteiger partial charge in [-0.25, -0.2) is 0 Å². The van der Waals surface area contributed by atoms with Crippen LogP contribution < -0.4 is 0 Å². The zero-order valence-corrected chi connectivity index (χ0v) is 8.28. The molecule has 0 saturated heterocycles. The molecule has 0 saturated carbocycles. The predicted octanol–water partition coefficient (Wildman–Crippen LogP) is 0.0394. The van der Waals surface area contributed by atoms with Crippen molar-refractivity contribution in [3.8, 4) is 0 Å². The molecule has 19 valence electrons. The van der Waals surface area contributed by atoms with Gasteiger partial charge in [0.05, 0.1) is 0 Å². The van der Waals surface area contributed by atoms with Crippen LogP contribution in [-0.2, 0) is 0 Å². The maximum absolute atomic E-state index is 9.50. The van der Waals surface area contributed by atoms with E-state index in [-0.39, 0.29) is 81.2 Å². The molecule has 0 aromatic rings. The zero-order valence-electron chi connectivity index (χ0n) is 2.31. The van der Waals surface area contributed by atoms with Gasteiger partial charge in [-0.1, -0.05) is 0 Å². The molecule has 0 fully saturated rings. The molecule has 0 heterocycles. The summed E-state index contributed by atoms with van der Waals surface area (Å²) in [4.78, 5) is 0. The van der Waals surface area contributed by atoms with E-state index in [4.69, 9.17) is 0 Å². The molecule has 0 aliphatic carbocycles. The van der Waals surface area contributed by atoms with Crippen LogP contribution in [0, 0.1) is 81.2 Å². The van der Waals surface area contributed by atoms with Gasteiger partial charge in [-0.15, -0.1) is 0 Å². The Kier molecular flexibility index (Phi) is 64.1. The van der Waals surface area contributed by atoms with E-state index in [1.54, 1.807) is 0 Å². The van der Waals surface area contributed by atoms with Gasteiger partial charge >= 0.3 is 21.6 Å². The Balaban J connectivity index is -0.00000000500. The Morgan fingerprint density at radius 2 is 1.25 bits per heavy atom. The van der Waals surface area contributed by atoms with Crippen LogP contribution in [0.25, 0.3) is 0 Å². The quantitative estimate of drug-likeness (QED) is 0.552. The summed E-state index contributed by atoms with van der Waals surface area (Å²) in [5, 5.41) is 0. The normalized spacial score (nSPS) is 1.75. The van der Waals surface area contributed by atoms with Crippen LogP contribution >= 0.6 is 0 Å². The van der Waals surface area contributed by atoms with Gasteiger partial charge < -0.3 is 0 Å². The van der Waals surface area contributed by atoms with E-state index < -0.39 is 0 Å². The van der Waals surface area contributed by atoms with Crippen molar-refractivity contribution in [1.82, 2.24) is 0 Å². The van der Waals surface area contributed by atoms with E-state index in [0.29, 0.717) is 18.2 Å². The Morgan fingerprint density at radius 3 is 1.25 bits per heavy atom. The van der Waals surface area contributed by atoms with Crippen LogP contribution in [0.15, 0.2) is 0 Å². The van der Waals surface area contributed by atoms with E-state index in [1.807, 2.05) is 0 Å². The summed E-state index contributed by atoms with van der Waals surface area (Å²) in [6.45, 7) is 0. The first-order valence-electron chi connectivity index (χ1n) is 0.378. The minimum absolute atomic E-state index is 0. The van der Waals surface area contributed by atoms with E-state index in [9.17, 15) is 3.38 Å². The van der Waals surface area contributed by atoms with Crippen LogP contribution in [0.2, 0.25) is 0 Å². The molecule has 0 nitrogen and oxygen atoms in total. The number of hydrogen-bond donors (Lipinski definition) is 0. The molecule has 0 spiro atoms. The molecule has 0 atom stereocenters. The first-order valence-corrected chi connectivity index (χ1v) is 0.378. The topological polar surface area (TPSA) is 0 Å². The molecule has 0 N–H and O–H groups in total. The third-order valence-corrected chi connectivity index (χ3v) is 0. The average molecular weight is 324 g/mol. The zero-order chi connectivity index (χ0) is 2.00. The monoisotopic (exact) mass is 325 g/mol.